The molecule has 0 aliphatic heterocycles. The van der Waals surface area contributed by atoms with Gasteiger partial charge in [0.25, 0.3) is 0 Å². The largest absolute Gasteiger partial charge is 0.462 e. The van der Waals surface area contributed by atoms with Crippen LogP contribution in [0.1, 0.15) is 70.0 Å². The molecule has 3 heteroatoms. The maximum absolute atomic E-state index is 6.15. The first-order valence-corrected chi connectivity index (χ1v) is 8.53. The molecule has 2 unspecified atom stereocenters. The topological polar surface area (TPSA) is 34.4 Å². The van der Waals surface area contributed by atoms with Gasteiger partial charge in [0.15, 0.2) is 0 Å². The van der Waals surface area contributed by atoms with E-state index in [9.17, 15) is 0 Å². The van der Waals surface area contributed by atoms with Crippen LogP contribution in [0.25, 0.3) is 0 Å². The Kier molecular flexibility index (Phi) is 6.31. The molecule has 1 N–H and O–H groups in total. The summed E-state index contributed by atoms with van der Waals surface area (Å²) in [4.78, 5) is 0. The predicted octanol–water partition coefficient (Wildman–Crippen LogP) is 4.57. The van der Waals surface area contributed by atoms with Gasteiger partial charge in [-0.1, -0.05) is 40.0 Å². The highest BCUT2D eigenvalue weighted by atomic mass is 16.5. The molecule has 120 valence electrons. The Morgan fingerprint density at radius 3 is 2.81 bits per heavy atom. The lowest BCUT2D eigenvalue weighted by Gasteiger charge is -2.30. The van der Waals surface area contributed by atoms with Gasteiger partial charge in [-0.2, -0.15) is 0 Å². The number of nitrogens with one attached hydrogen (secondary N) is 1. The van der Waals surface area contributed by atoms with E-state index >= 15 is 0 Å². The zero-order valence-electron chi connectivity index (χ0n) is 14.1. The Morgan fingerprint density at radius 2 is 2.10 bits per heavy atom. The number of rotatable bonds is 7. The minimum atomic E-state index is 0.423. The van der Waals surface area contributed by atoms with E-state index in [1.807, 2.05) is 0 Å². The van der Waals surface area contributed by atoms with E-state index in [0.717, 1.165) is 24.0 Å². The van der Waals surface area contributed by atoms with Crippen LogP contribution in [0.3, 0.4) is 0 Å². The van der Waals surface area contributed by atoms with Gasteiger partial charge in [0.05, 0.1) is 12.6 Å². The summed E-state index contributed by atoms with van der Waals surface area (Å²) < 4.78 is 12.1. The molecule has 2 rings (SSSR count). The van der Waals surface area contributed by atoms with E-state index in [-0.39, 0.29) is 0 Å². The second-order valence-corrected chi connectivity index (χ2v) is 6.66. The Morgan fingerprint density at radius 1 is 1.33 bits per heavy atom. The fourth-order valence-electron chi connectivity index (χ4n) is 3.18. The van der Waals surface area contributed by atoms with Crippen LogP contribution in [0.4, 0.5) is 0 Å². The Labute approximate surface area is 129 Å². The number of hydrogen-bond acceptors (Lipinski definition) is 3. The number of ether oxygens (including phenoxy) is 1. The van der Waals surface area contributed by atoms with Crippen molar-refractivity contribution in [2.75, 3.05) is 0 Å². The number of aryl methyl sites for hydroxylation is 1. The predicted molar refractivity (Wildman–Crippen MR) is 86.2 cm³/mol. The number of hydrogen-bond donors (Lipinski definition) is 1. The molecular formula is C18H31NO2. The molecule has 1 aliphatic carbocycles. The van der Waals surface area contributed by atoms with Crippen molar-refractivity contribution in [3.63, 3.8) is 0 Å². The van der Waals surface area contributed by atoms with Crippen molar-refractivity contribution in [1.29, 1.82) is 0 Å². The van der Waals surface area contributed by atoms with Gasteiger partial charge >= 0.3 is 0 Å². The van der Waals surface area contributed by atoms with Gasteiger partial charge in [-0.3, -0.25) is 0 Å². The van der Waals surface area contributed by atoms with E-state index in [2.05, 4.69) is 39.1 Å². The monoisotopic (exact) mass is 293 g/mol. The molecule has 1 aromatic rings. The van der Waals surface area contributed by atoms with Crippen molar-refractivity contribution in [3.05, 3.63) is 23.2 Å². The summed E-state index contributed by atoms with van der Waals surface area (Å²) in [5.74, 6) is 2.74. The summed E-state index contributed by atoms with van der Waals surface area (Å²) in [5.41, 5.74) is 1.22. The third-order valence-electron chi connectivity index (χ3n) is 4.55. The quantitative estimate of drug-likeness (QED) is 0.799. The van der Waals surface area contributed by atoms with Crippen molar-refractivity contribution < 1.29 is 9.15 Å². The first kappa shape index (κ1) is 16.6. The van der Waals surface area contributed by atoms with Gasteiger partial charge in [-0.25, -0.2) is 0 Å². The molecule has 0 aromatic carbocycles. The van der Waals surface area contributed by atoms with Gasteiger partial charge in [0.1, 0.15) is 18.1 Å². The van der Waals surface area contributed by atoms with E-state index in [4.69, 9.17) is 9.15 Å². The molecule has 21 heavy (non-hydrogen) atoms. The lowest BCUT2D eigenvalue weighted by molar-refractivity contribution is -0.0286. The molecule has 2 atom stereocenters. The summed E-state index contributed by atoms with van der Waals surface area (Å²) in [5, 5.41) is 3.40. The molecule has 1 saturated carbocycles. The minimum Gasteiger partial charge on any atom is -0.462 e. The maximum Gasteiger partial charge on any atom is 0.130 e. The van der Waals surface area contributed by atoms with Crippen LogP contribution in [-0.2, 0) is 17.9 Å². The van der Waals surface area contributed by atoms with Crippen molar-refractivity contribution in [3.8, 4) is 0 Å². The molecule has 1 aliphatic rings. The van der Waals surface area contributed by atoms with E-state index in [1.165, 1.54) is 37.7 Å². The van der Waals surface area contributed by atoms with Crippen LogP contribution in [0.2, 0.25) is 0 Å². The standard InChI is InChI=1S/C18H31NO2/c1-5-15-8-6-7-9-17(15)20-12-16-10-14(4)18(21-16)11-19-13(2)3/h10,13,15,17,19H,5-9,11-12H2,1-4H3. The van der Waals surface area contributed by atoms with Gasteiger partial charge in [0.2, 0.25) is 0 Å². The average Bonchev–Trinajstić information content (AvgIpc) is 2.83. The fourth-order valence-corrected chi connectivity index (χ4v) is 3.18. The zero-order valence-corrected chi connectivity index (χ0v) is 14.1. The average molecular weight is 293 g/mol. The molecule has 1 heterocycles. The van der Waals surface area contributed by atoms with Crippen LogP contribution < -0.4 is 5.32 Å². The maximum atomic E-state index is 6.15. The van der Waals surface area contributed by atoms with Gasteiger partial charge < -0.3 is 14.5 Å². The summed E-state index contributed by atoms with van der Waals surface area (Å²) in [7, 11) is 0. The molecule has 1 fully saturated rings. The highest BCUT2D eigenvalue weighted by molar-refractivity contribution is 5.19. The molecule has 0 amide bonds. The van der Waals surface area contributed by atoms with Crippen molar-refractivity contribution in [2.45, 2.75) is 85.1 Å². The smallest absolute Gasteiger partial charge is 0.130 e. The molecule has 3 nitrogen and oxygen atoms in total. The van der Waals surface area contributed by atoms with Crippen molar-refractivity contribution >= 4 is 0 Å². The molecule has 0 radical (unpaired) electrons. The Hall–Kier alpha value is -0.800. The van der Waals surface area contributed by atoms with Crippen LogP contribution in [0, 0.1) is 12.8 Å². The SMILES string of the molecule is CCC1CCCCC1OCc1cc(C)c(CNC(C)C)o1. The van der Waals surface area contributed by atoms with E-state index in [1.54, 1.807) is 0 Å². The summed E-state index contributed by atoms with van der Waals surface area (Å²) >= 11 is 0. The van der Waals surface area contributed by atoms with E-state index in [0.29, 0.717) is 18.8 Å². The van der Waals surface area contributed by atoms with Gasteiger partial charge in [-0.05, 0) is 37.3 Å². The Balaban J connectivity index is 1.86. The van der Waals surface area contributed by atoms with Crippen LogP contribution >= 0.6 is 0 Å². The van der Waals surface area contributed by atoms with E-state index < -0.39 is 0 Å². The minimum absolute atomic E-state index is 0.423. The summed E-state index contributed by atoms with van der Waals surface area (Å²) in [6.07, 6.45) is 6.85. The molecule has 0 spiro atoms. The van der Waals surface area contributed by atoms with Crippen LogP contribution in [0.15, 0.2) is 10.5 Å². The third kappa shape index (κ3) is 4.86. The van der Waals surface area contributed by atoms with Crippen molar-refractivity contribution in [2.24, 2.45) is 5.92 Å². The number of furan rings is 1. The van der Waals surface area contributed by atoms with Gasteiger partial charge in [-0.15, -0.1) is 0 Å². The summed E-state index contributed by atoms with van der Waals surface area (Å²) in [6.45, 7) is 10.1. The molecular weight excluding hydrogens is 262 g/mol. The fraction of sp³-hybridized carbons (Fsp3) is 0.778. The van der Waals surface area contributed by atoms with Crippen LogP contribution in [0.5, 0.6) is 0 Å². The first-order valence-electron chi connectivity index (χ1n) is 8.53. The third-order valence-corrected chi connectivity index (χ3v) is 4.55. The molecule has 1 aromatic heterocycles. The Bertz CT molecular complexity index is 425. The second kappa shape index (κ2) is 8.00. The second-order valence-electron chi connectivity index (χ2n) is 6.66. The molecule has 0 saturated heterocycles. The normalized spacial score (nSPS) is 22.9. The summed E-state index contributed by atoms with van der Waals surface area (Å²) in [6, 6.07) is 2.60. The lowest BCUT2D eigenvalue weighted by atomic mass is 9.85. The first-order chi connectivity index (χ1) is 10.1. The van der Waals surface area contributed by atoms with Crippen molar-refractivity contribution in [1.82, 2.24) is 5.32 Å². The lowest BCUT2D eigenvalue weighted by Crippen LogP contribution is -2.27. The van der Waals surface area contributed by atoms with Gasteiger partial charge in [0, 0.05) is 6.04 Å². The highest BCUT2D eigenvalue weighted by Crippen LogP contribution is 2.30. The zero-order chi connectivity index (χ0) is 15.2. The molecule has 0 bridgehead atoms. The van der Waals surface area contributed by atoms with Crippen LogP contribution in [-0.4, -0.2) is 12.1 Å². The highest BCUT2D eigenvalue weighted by Gasteiger charge is 2.24.